The fourth-order valence-electron chi connectivity index (χ4n) is 2.70. The number of hydrogen-bond acceptors (Lipinski definition) is 1. The van der Waals surface area contributed by atoms with Gasteiger partial charge >= 0.3 is 0 Å². The molecule has 0 amide bonds. The minimum atomic E-state index is -0.189. The molecule has 2 nitrogen and oxygen atoms in total. The van der Waals surface area contributed by atoms with E-state index in [4.69, 9.17) is 0 Å². The van der Waals surface area contributed by atoms with E-state index in [1.54, 1.807) is 0 Å². The zero-order valence-electron chi connectivity index (χ0n) is 12.1. The Morgan fingerprint density at radius 2 is 1.81 bits per heavy atom. The Morgan fingerprint density at radius 1 is 1.05 bits per heavy atom. The predicted molar refractivity (Wildman–Crippen MR) is 85.1 cm³/mol. The minimum absolute atomic E-state index is 0.189. The summed E-state index contributed by atoms with van der Waals surface area (Å²) in [5.74, 6) is -0.189. The molecular weight excluding hydrogens is 263 g/mol. The van der Waals surface area contributed by atoms with E-state index in [1.807, 2.05) is 19.2 Å². The maximum atomic E-state index is 13.0. The molecule has 1 heterocycles. The van der Waals surface area contributed by atoms with E-state index in [0.29, 0.717) is 0 Å². The van der Waals surface area contributed by atoms with Gasteiger partial charge in [0.15, 0.2) is 0 Å². The van der Waals surface area contributed by atoms with Gasteiger partial charge in [0, 0.05) is 23.6 Å². The van der Waals surface area contributed by atoms with Gasteiger partial charge in [-0.05, 0) is 49.3 Å². The molecule has 0 saturated heterocycles. The smallest absolute Gasteiger partial charge is 0.123 e. The van der Waals surface area contributed by atoms with Crippen molar-refractivity contribution >= 4 is 10.9 Å². The number of rotatable bonds is 5. The number of aromatic nitrogens is 1. The van der Waals surface area contributed by atoms with Gasteiger partial charge in [0.25, 0.3) is 0 Å². The van der Waals surface area contributed by atoms with Gasteiger partial charge in [-0.1, -0.05) is 30.3 Å². The normalized spacial score (nSPS) is 11.1. The molecule has 2 aromatic carbocycles. The van der Waals surface area contributed by atoms with Crippen molar-refractivity contribution < 1.29 is 4.39 Å². The summed E-state index contributed by atoms with van der Waals surface area (Å²) in [7, 11) is 1.97. The standard InChI is InChI=1S/C18H19FN2/c1-20-11-10-15-13-21(18-5-3-2-4-17(15)18)12-14-6-8-16(19)9-7-14/h2-9,13,20H,10-12H2,1H3. The number of fused-ring (bicyclic) bond motifs is 1. The monoisotopic (exact) mass is 282 g/mol. The lowest BCUT2D eigenvalue weighted by Gasteiger charge is -2.05. The molecular formula is C18H19FN2. The highest BCUT2D eigenvalue weighted by molar-refractivity contribution is 5.84. The highest BCUT2D eigenvalue weighted by Gasteiger charge is 2.08. The first-order valence-corrected chi connectivity index (χ1v) is 7.24. The molecule has 1 aromatic heterocycles. The van der Waals surface area contributed by atoms with Crippen molar-refractivity contribution in [3.63, 3.8) is 0 Å². The first-order valence-electron chi connectivity index (χ1n) is 7.24. The number of halogens is 1. The number of hydrogen-bond donors (Lipinski definition) is 1. The molecule has 0 aliphatic rings. The van der Waals surface area contributed by atoms with Gasteiger partial charge in [-0.2, -0.15) is 0 Å². The summed E-state index contributed by atoms with van der Waals surface area (Å²) < 4.78 is 15.3. The molecule has 3 aromatic rings. The predicted octanol–water partition coefficient (Wildman–Crippen LogP) is 3.59. The summed E-state index contributed by atoms with van der Waals surface area (Å²) in [5.41, 5.74) is 3.69. The second kappa shape index (κ2) is 6.10. The summed E-state index contributed by atoms with van der Waals surface area (Å²) in [4.78, 5) is 0. The molecule has 0 aliphatic carbocycles. The van der Waals surface area contributed by atoms with Crippen molar-refractivity contribution in [2.45, 2.75) is 13.0 Å². The fourth-order valence-corrected chi connectivity index (χ4v) is 2.70. The van der Waals surface area contributed by atoms with Crippen LogP contribution in [0.4, 0.5) is 4.39 Å². The van der Waals surface area contributed by atoms with Gasteiger partial charge in [-0.25, -0.2) is 4.39 Å². The summed E-state index contributed by atoms with van der Waals surface area (Å²) >= 11 is 0. The Labute approximate surface area is 124 Å². The summed E-state index contributed by atoms with van der Waals surface area (Å²) in [6.45, 7) is 1.73. The van der Waals surface area contributed by atoms with Gasteiger partial charge in [0.2, 0.25) is 0 Å². The maximum absolute atomic E-state index is 13.0. The van der Waals surface area contributed by atoms with Gasteiger partial charge in [-0.3, -0.25) is 0 Å². The Morgan fingerprint density at radius 3 is 2.57 bits per heavy atom. The topological polar surface area (TPSA) is 17.0 Å². The lowest BCUT2D eigenvalue weighted by atomic mass is 10.1. The van der Waals surface area contributed by atoms with Crippen LogP contribution in [-0.4, -0.2) is 18.2 Å². The maximum Gasteiger partial charge on any atom is 0.123 e. The minimum Gasteiger partial charge on any atom is -0.343 e. The third kappa shape index (κ3) is 2.98. The molecule has 108 valence electrons. The molecule has 0 atom stereocenters. The van der Waals surface area contributed by atoms with Crippen molar-refractivity contribution in [1.82, 2.24) is 9.88 Å². The van der Waals surface area contributed by atoms with E-state index in [-0.39, 0.29) is 5.82 Å². The molecule has 3 heteroatoms. The Balaban J connectivity index is 1.96. The molecule has 3 rings (SSSR count). The third-order valence-corrected chi connectivity index (χ3v) is 3.78. The van der Waals surface area contributed by atoms with Crippen LogP contribution in [0.25, 0.3) is 10.9 Å². The van der Waals surface area contributed by atoms with E-state index in [1.165, 1.54) is 28.6 Å². The van der Waals surface area contributed by atoms with Crippen molar-refractivity contribution in [3.05, 3.63) is 71.7 Å². The average molecular weight is 282 g/mol. The van der Waals surface area contributed by atoms with Crippen molar-refractivity contribution in [2.24, 2.45) is 0 Å². The average Bonchev–Trinajstić information content (AvgIpc) is 2.86. The van der Waals surface area contributed by atoms with Crippen LogP contribution in [0, 0.1) is 5.82 Å². The van der Waals surface area contributed by atoms with E-state index in [2.05, 4.69) is 40.3 Å². The molecule has 0 bridgehead atoms. The number of likely N-dealkylation sites (N-methyl/N-ethyl adjacent to an activating group) is 1. The van der Waals surface area contributed by atoms with Crippen molar-refractivity contribution in [3.8, 4) is 0 Å². The second-order valence-corrected chi connectivity index (χ2v) is 5.28. The van der Waals surface area contributed by atoms with Crippen LogP contribution in [0.1, 0.15) is 11.1 Å². The van der Waals surface area contributed by atoms with Crippen LogP contribution >= 0.6 is 0 Å². The second-order valence-electron chi connectivity index (χ2n) is 5.28. The van der Waals surface area contributed by atoms with Crippen LogP contribution in [0.2, 0.25) is 0 Å². The van der Waals surface area contributed by atoms with E-state index in [0.717, 1.165) is 25.1 Å². The zero-order valence-corrected chi connectivity index (χ0v) is 12.1. The first-order chi connectivity index (χ1) is 10.3. The van der Waals surface area contributed by atoms with Gasteiger partial charge in [0.1, 0.15) is 5.82 Å². The molecule has 1 N–H and O–H groups in total. The van der Waals surface area contributed by atoms with Crippen molar-refractivity contribution in [2.75, 3.05) is 13.6 Å². The van der Waals surface area contributed by atoms with E-state index >= 15 is 0 Å². The van der Waals surface area contributed by atoms with Crippen molar-refractivity contribution in [1.29, 1.82) is 0 Å². The quantitative estimate of drug-likeness (QED) is 0.756. The molecule has 0 saturated carbocycles. The van der Waals surface area contributed by atoms with E-state index in [9.17, 15) is 4.39 Å². The number of nitrogens with zero attached hydrogens (tertiary/aromatic N) is 1. The lowest BCUT2D eigenvalue weighted by molar-refractivity contribution is 0.626. The van der Waals surface area contributed by atoms with Crippen LogP contribution in [0.3, 0.4) is 0 Å². The van der Waals surface area contributed by atoms with Gasteiger partial charge in [0.05, 0.1) is 0 Å². The highest BCUT2D eigenvalue weighted by Crippen LogP contribution is 2.22. The summed E-state index contributed by atoms with van der Waals surface area (Å²) in [5, 5.41) is 4.50. The van der Waals surface area contributed by atoms with Crippen LogP contribution < -0.4 is 5.32 Å². The van der Waals surface area contributed by atoms with Crippen LogP contribution in [0.15, 0.2) is 54.7 Å². The first kappa shape index (κ1) is 13.8. The molecule has 0 radical (unpaired) electrons. The fraction of sp³-hybridized carbons (Fsp3) is 0.222. The van der Waals surface area contributed by atoms with Gasteiger partial charge < -0.3 is 9.88 Å². The molecule has 0 spiro atoms. The van der Waals surface area contributed by atoms with Crippen LogP contribution in [0.5, 0.6) is 0 Å². The molecule has 0 fully saturated rings. The lowest BCUT2D eigenvalue weighted by Crippen LogP contribution is -2.10. The molecule has 21 heavy (non-hydrogen) atoms. The Hall–Kier alpha value is -2.13. The summed E-state index contributed by atoms with van der Waals surface area (Å²) in [6, 6.07) is 15.2. The zero-order chi connectivity index (χ0) is 14.7. The Bertz CT molecular complexity index is 729. The molecule has 0 unspecified atom stereocenters. The van der Waals surface area contributed by atoms with Gasteiger partial charge in [-0.15, -0.1) is 0 Å². The van der Waals surface area contributed by atoms with Crippen LogP contribution in [-0.2, 0) is 13.0 Å². The van der Waals surface area contributed by atoms with E-state index < -0.39 is 0 Å². The molecule has 0 aliphatic heterocycles. The number of para-hydroxylation sites is 1. The SMILES string of the molecule is CNCCc1cn(Cc2ccc(F)cc2)c2ccccc12. The largest absolute Gasteiger partial charge is 0.343 e. The third-order valence-electron chi connectivity index (χ3n) is 3.78. The number of benzene rings is 2. The highest BCUT2D eigenvalue weighted by atomic mass is 19.1. The Kier molecular flexibility index (Phi) is 4.02. The number of nitrogens with one attached hydrogen (secondary N) is 1. The summed E-state index contributed by atoms with van der Waals surface area (Å²) in [6.07, 6.45) is 3.22.